The zero-order chi connectivity index (χ0) is 26.8. The Morgan fingerprint density at radius 1 is 1.18 bits per heavy atom. The molecule has 2 N–H and O–H groups in total. The van der Waals surface area contributed by atoms with Crippen molar-refractivity contribution in [3.63, 3.8) is 0 Å². The Morgan fingerprint density at radius 3 is 2.50 bits per heavy atom. The molecule has 3 aliphatic rings. The molecule has 1 saturated heterocycles. The third-order valence-electron chi connectivity index (χ3n) is 8.27. The maximum atomic E-state index is 13.3. The third kappa shape index (κ3) is 3.63. The first-order valence-electron chi connectivity index (χ1n) is 12.4. The topological polar surface area (TPSA) is 75.0 Å². The average molecular weight is 608 g/mol. The highest BCUT2D eigenvalue weighted by Gasteiger charge is 2.77. The molecule has 0 spiro atoms. The quantitative estimate of drug-likeness (QED) is 0.387. The molecule has 38 heavy (non-hydrogen) atoms. The third-order valence-corrected chi connectivity index (χ3v) is 9.00. The molecule has 0 radical (unpaired) electrons. The van der Waals surface area contributed by atoms with Crippen LogP contribution in [-0.2, 0) is 11.2 Å². The smallest absolute Gasteiger partial charge is 0.243 e. The SMILES string of the molecule is COc1nc(Cl)cc2c1[C@]1(O)[C@H](O)[C@H](CN3CC(C(F)F)C3)[C@@H](c3ccccc3)C1(c1ccc(Br)cc1)O2. The summed E-state index contributed by atoms with van der Waals surface area (Å²) in [4.78, 5) is 6.17. The number of aliphatic hydroxyl groups excluding tert-OH is 1. The molecule has 1 aliphatic carbocycles. The van der Waals surface area contributed by atoms with E-state index in [0.29, 0.717) is 12.1 Å². The summed E-state index contributed by atoms with van der Waals surface area (Å²) in [5, 5.41) is 25.0. The number of aromatic nitrogens is 1. The van der Waals surface area contributed by atoms with Crippen molar-refractivity contribution in [2.45, 2.75) is 29.6 Å². The van der Waals surface area contributed by atoms with Crippen LogP contribution in [0, 0.1) is 11.8 Å². The fourth-order valence-electron chi connectivity index (χ4n) is 6.67. The number of alkyl halides is 2. The molecule has 3 aromatic rings. The van der Waals surface area contributed by atoms with E-state index in [9.17, 15) is 19.0 Å². The maximum Gasteiger partial charge on any atom is 0.243 e. The van der Waals surface area contributed by atoms with Crippen molar-refractivity contribution in [1.29, 1.82) is 0 Å². The van der Waals surface area contributed by atoms with Crippen LogP contribution in [0.25, 0.3) is 0 Å². The van der Waals surface area contributed by atoms with Gasteiger partial charge >= 0.3 is 0 Å². The van der Waals surface area contributed by atoms with Gasteiger partial charge in [0.1, 0.15) is 10.9 Å². The maximum absolute atomic E-state index is 13.3. The molecular weight excluding hydrogens is 582 g/mol. The van der Waals surface area contributed by atoms with Crippen LogP contribution in [0.3, 0.4) is 0 Å². The fraction of sp³-hybridized carbons (Fsp3) is 0.393. The number of halogens is 4. The highest BCUT2D eigenvalue weighted by atomic mass is 79.9. The van der Waals surface area contributed by atoms with Crippen LogP contribution in [0.5, 0.6) is 11.6 Å². The summed E-state index contributed by atoms with van der Waals surface area (Å²) in [7, 11) is 1.42. The number of nitrogens with zero attached hydrogens (tertiary/aromatic N) is 2. The molecule has 3 heterocycles. The van der Waals surface area contributed by atoms with Gasteiger partial charge in [-0.2, -0.15) is 0 Å². The minimum atomic E-state index is -2.39. The van der Waals surface area contributed by atoms with Crippen LogP contribution in [-0.4, -0.2) is 59.4 Å². The van der Waals surface area contributed by atoms with E-state index in [2.05, 4.69) is 20.9 Å². The van der Waals surface area contributed by atoms with Crippen LogP contribution in [0.15, 0.2) is 65.1 Å². The average Bonchev–Trinajstić information content (AvgIpc) is 3.23. The molecule has 1 saturated carbocycles. The first-order valence-corrected chi connectivity index (χ1v) is 13.5. The van der Waals surface area contributed by atoms with E-state index in [4.69, 9.17) is 21.1 Å². The second-order valence-corrected chi connectivity index (χ2v) is 11.6. The van der Waals surface area contributed by atoms with E-state index in [0.717, 1.165) is 10.0 Å². The standard InChI is InChI=1S/C28H26BrClF2N2O4/c1-37-26-23-20(11-21(30)33-26)38-28(17-7-9-18(29)10-8-17)22(15-5-3-2-4-6-15)19(24(35)27(23,28)36)14-34-12-16(13-34)25(31)32/h2-11,16,19,22,24-25,35-36H,12-14H2,1H3/t19-,22-,24-,27+,28?/m1/s1. The van der Waals surface area contributed by atoms with Crippen molar-refractivity contribution in [3.8, 4) is 11.6 Å². The molecule has 6 nitrogen and oxygen atoms in total. The van der Waals surface area contributed by atoms with Gasteiger partial charge in [-0.25, -0.2) is 13.8 Å². The lowest BCUT2D eigenvalue weighted by molar-refractivity contribution is -0.153. The van der Waals surface area contributed by atoms with Gasteiger partial charge in [0.15, 0.2) is 11.2 Å². The minimum Gasteiger partial charge on any atom is -0.481 e. The van der Waals surface area contributed by atoms with E-state index in [-0.39, 0.29) is 35.4 Å². The largest absolute Gasteiger partial charge is 0.481 e. The second-order valence-electron chi connectivity index (χ2n) is 10.2. The number of pyridine rings is 1. The van der Waals surface area contributed by atoms with Gasteiger partial charge in [0.2, 0.25) is 12.3 Å². The number of fused-ring (bicyclic) bond motifs is 3. The molecule has 0 bridgehead atoms. The molecule has 200 valence electrons. The molecule has 2 fully saturated rings. The van der Waals surface area contributed by atoms with Crippen LogP contribution in [0.2, 0.25) is 5.15 Å². The Kier molecular flexibility index (Phi) is 6.43. The summed E-state index contributed by atoms with van der Waals surface area (Å²) in [6.07, 6.45) is -3.74. The first-order chi connectivity index (χ1) is 18.2. The van der Waals surface area contributed by atoms with Crippen LogP contribution >= 0.6 is 27.5 Å². The molecule has 2 aromatic carbocycles. The van der Waals surface area contributed by atoms with Crippen LogP contribution in [0.4, 0.5) is 8.78 Å². The first kappa shape index (κ1) is 26.0. The van der Waals surface area contributed by atoms with Crippen molar-refractivity contribution in [2.75, 3.05) is 26.7 Å². The lowest BCUT2D eigenvalue weighted by atomic mass is 9.70. The Morgan fingerprint density at radius 2 is 1.87 bits per heavy atom. The number of rotatable bonds is 6. The number of benzene rings is 2. The molecule has 6 rings (SSSR count). The number of ether oxygens (including phenoxy) is 2. The predicted molar refractivity (Wildman–Crippen MR) is 141 cm³/mol. The van der Waals surface area contributed by atoms with E-state index in [1.165, 1.54) is 13.2 Å². The lowest BCUT2D eigenvalue weighted by Crippen LogP contribution is -2.53. The van der Waals surface area contributed by atoms with Crippen LogP contribution < -0.4 is 9.47 Å². The van der Waals surface area contributed by atoms with Gasteiger partial charge in [-0.05, 0) is 23.3 Å². The molecule has 1 aromatic heterocycles. The number of aliphatic hydroxyl groups is 2. The molecule has 2 aliphatic heterocycles. The normalized spacial score (nSPS) is 30.6. The second kappa shape index (κ2) is 9.41. The van der Waals surface area contributed by atoms with Gasteiger partial charge in [0, 0.05) is 47.9 Å². The van der Waals surface area contributed by atoms with Gasteiger partial charge in [-0.1, -0.05) is 70.0 Å². The van der Waals surface area contributed by atoms with Gasteiger partial charge in [-0.3, -0.25) is 0 Å². The summed E-state index contributed by atoms with van der Waals surface area (Å²) in [6.45, 7) is 0.751. The van der Waals surface area contributed by atoms with Gasteiger partial charge in [-0.15, -0.1) is 0 Å². The summed E-state index contributed by atoms with van der Waals surface area (Å²) >= 11 is 9.77. The van der Waals surface area contributed by atoms with E-state index >= 15 is 0 Å². The van der Waals surface area contributed by atoms with E-state index < -0.39 is 41.5 Å². The van der Waals surface area contributed by atoms with Crippen LogP contribution in [0.1, 0.15) is 22.6 Å². The molecule has 1 unspecified atom stereocenters. The fourth-order valence-corrected chi connectivity index (χ4v) is 7.11. The zero-order valence-electron chi connectivity index (χ0n) is 20.4. The van der Waals surface area contributed by atoms with Crippen molar-refractivity contribution in [1.82, 2.24) is 9.88 Å². The highest BCUT2D eigenvalue weighted by Crippen LogP contribution is 2.70. The summed E-state index contributed by atoms with van der Waals surface area (Å²) in [5.74, 6) is -1.51. The summed E-state index contributed by atoms with van der Waals surface area (Å²) in [5.41, 5.74) is -1.78. The van der Waals surface area contributed by atoms with Crippen molar-refractivity contribution < 1.29 is 28.5 Å². The zero-order valence-corrected chi connectivity index (χ0v) is 22.7. The minimum absolute atomic E-state index is 0.0576. The van der Waals surface area contributed by atoms with Gasteiger partial charge in [0.25, 0.3) is 0 Å². The van der Waals surface area contributed by atoms with Gasteiger partial charge < -0.3 is 24.6 Å². The monoisotopic (exact) mass is 606 g/mol. The number of likely N-dealkylation sites (tertiary alicyclic amines) is 1. The van der Waals surface area contributed by atoms with E-state index in [1.807, 2.05) is 59.5 Å². The lowest BCUT2D eigenvalue weighted by Gasteiger charge is -2.43. The Bertz CT molecular complexity index is 1340. The number of hydrogen-bond acceptors (Lipinski definition) is 6. The molecular formula is C28H26BrClF2N2O4. The summed E-state index contributed by atoms with van der Waals surface area (Å²) < 4.78 is 39.7. The molecule has 0 amide bonds. The summed E-state index contributed by atoms with van der Waals surface area (Å²) in [6, 6.07) is 18.5. The van der Waals surface area contributed by atoms with Crippen molar-refractivity contribution in [2.24, 2.45) is 11.8 Å². The molecule has 10 heteroatoms. The van der Waals surface area contributed by atoms with Crippen molar-refractivity contribution in [3.05, 3.63) is 87.0 Å². The number of hydrogen-bond donors (Lipinski definition) is 2. The predicted octanol–water partition coefficient (Wildman–Crippen LogP) is 4.95. The Labute approximate surface area is 232 Å². The molecule has 5 atom stereocenters. The highest BCUT2D eigenvalue weighted by molar-refractivity contribution is 9.10. The van der Waals surface area contributed by atoms with E-state index in [1.54, 1.807) is 0 Å². The number of methoxy groups -OCH3 is 1. The Balaban J connectivity index is 1.58. The Hall–Kier alpha value is -2.30. The van der Waals surface area contributed by atoms with Crippen molar-refractivity contribution >= 4 is 27.5 Å². The van der Waals surface area contributed by atoms with Gasteiger partial charge in [0.05, 0.1) is 18.8 Å².